The molecule has 1 unspecified atom stereocenters. The van der Waals surface area contributed by atoms with E-state index in [2.05, 4.69) is 5.32 Å². The fourth-order valence-corrected chi connectivity index (χ4v) is 3.90. The number of nitro benzene ring substituents is 2. The van der Waals surface area contributed by atoms with Crippen LogP contribution in [0.5, 0.6) is 17.2 Å². The first kappa shape index (κ1) is 34.0. The van der Waals surface area contributed by atoms with Gasteiger partial charge in [-0.1, -0.05) is 6.07 Å². The van der Waals surface area contributed by atoms with E-state index in [1.165, 1.54) is 61.5 Å². The standard InChI is InChI=1S/C31H33N3O11/c1-20(42-30(37)44-24-14-12-23(13-15-24)33(38)39)21-11-16-26(34(40)41)27(19-21)43-25-9-7-8-22(18-25)29(36)32-17-6-5-10-28(35)45-31(2,3)4/h7-9,11-16,18-20H,5-6,10,17H2,1-4H3,(H,32,36). The minimum absolute atomic E-state index is 0.0234. The molecule has 238 valence electrons. The first-order valence-corrected chi connectivity index (χ1v) is 13.9. The predicted molar refractivity (Wildman–Crippen MR) is 160 cm³/mol. The molecule has 0 spiro atoms. The molecule has 1 N–H and O–H groups in total. The Labute approximate surface area is 258 Å². The van der Waals surface area contributed by atoms with Gasteiger partial charge in [-0.3, -0.25) is 29.8 Å². The monoisotopic (exact) mass is 623 g/mol. The van der Waals surface area contributed by atoms with Crippen LogP contribution in [0.4, 0.5) is 16.2 Å². The summed E-state index contributed by atoms with van der Waals surface area (Å²) in [4.78, 5) is 58.0. The molecule has 1 atom stereocenters. The highest BCUT2D eigenvalue weighted by Gasteiger charge is 2.22. The Morgan fingerprint density at radius 1 is 0.889 bits per heavy atom. The number of nitro groups is 2. The fraction of sp³-hybridized carbons (Fsp3) is 0.323. The third kappa shape index (κ3) is 10.9. The van der Waals surface area contributed by atoms with Crippen LogP contribution in [-0.4, -0.2) is 40.0 Å². The van der Waals surface area contributed by atoms with E-state index >= 15 is 0 Å². The summed E-state index contributed by atoms with van der Waals surface area (Å²) in [5.41, 5.74) is -0.500. The van der Waals surface area contributed by atoms with Gasteiger partial charge >= 0.3 is 17.8 Å². The second-order valence-electron chi connectivity index (χ2n) is 10.8. The minimum atomic E-state index is -1.10. The van der Waals surface area contributed by atoms with E-state index in [9.17, 15) is 34.6 Å². The third-order valence-corrected chi connectivity index (χ3v) is 6.01. The number of amides is 1. The zero-order valence-corrected chi connectivity index (χ0v) is 25.1. The lowest BCUT2D eigenvalue weighted by Crippen LogP contribution is -2.25. The van der Waals surface area contributed by atoms with Crippen molar-refractivity contribution in [3.05, 3.63) is 98.1 Å². The number of hydrogen-bond donors (Lipinski definition) is 1. The normalized spacial score (nSPS) is 11.6. The lowest BCUT2D eigenvalue weighted by molar-refractivity contribution is -0.385. The van der Waals surface area contributed by atoms with E-state index in [0.29, 0.717) is 24.9 Å². The lowest BCUT2D eigenvalue weighted by Gasteiger charge is -2.19. The van der Waals surface area contributed by atoms with Crippen LogP contribution in [0.3, 0.4) is 0 Å². The topological polar surface area (TPSA) is 186 Å². The van der Waals surface area contributed by atoms with Crippen molar-refractivity contribution in [2.24, 2.45) is 0 Å². The Balaban J connectivity index is 1.61. The molecule has 14 heteroatoms. The van der Waals surface area contributed by atoms with Crippen molar-refractivity contribution < 1.29 is 43.2 Å². The number of hydrogen-bond acceptors (Lipinski definition) is 11. The number of non-ortho nitro benzene ring substituents is 1. The van der Waals surface area contributed by atoms with Gasteiger partial charge < -0.3 is 24.3 Å². The average Bonchev–Trinajstić information content (AvgIpc) is 2.96. The molecule has 14 nitrogen and oxygen atoms in total. The van der Waals surface area contributed by atoms with E-state index in [1.54, 1.807) is 32.9 Å². The number of carbonyl (C=O) groups excluding carboxylic acids is 3. The number of unbranched alkanes of at least 4 members (excludes halogenated alkanes) is 1. The minimum Gasteiger partial charge on any atom is -0.460 e. The molecule has 1 amide bonds. The van der Waals surface area contributed by atoms with Crippen molar-refractivity contribution in [2.75, 3.05) is 6.54 Å². The van der Waals surface area contributed by atoms with E-state index in [1.807, 2.05) is 0 Å². The van der Waals surface area contributed by atoms with Crippen molar-refractivity contribution >= 4 is 29.4 Å². The smallest absolute Gasteiger partial charge is 0.460 e. The first-order chi connectivity index (χ1) is 21.2. The summed E-state index contributed by atoms with van der Waals surface area (Å²) >= 11 is 0. The van der Waals surface area contributed by atoms with Crippen molar-refractivity contribution in [3.63, 3.8) is 0 Å². The van der Waals surface area contributed by atoms with Crippen LogP contribution in [0.2, 0.25) is 0 Å². The zero-order valence-electron chi connectivity index (χ0n) is 25.1. The molecule has 0 fully saturated rings. The van der Waals surface area contributed by atoms with Crippen LogP contribution < -0.4 is 14.8 Å². The maximum Gasteiger partial charge on any atom is 0.514 e. The summed E-state index contributed by atoms with van der Waals surface area (Å²) < 4.78 is 21.4. The molecule has 0 aliphatic heterocycles. The van der Waals surface area contributed by atoms with Gasteiger partial charge in [0.15, 0.2) is 0 Å². The van der Waals surface area contributed by atoms with E-state index in [4.69, 9.17) is 18.9 Å². The van der Waals surface area contributed by atoms with E-state index in [-0.39, 0.29) is 46.6 Å². The quantitative estimate of drug-likeness (QED) is 0.0692. The van der Waals surface area contributed by atoms with Crippen molar-refractivity contribution in [1.82, 2.24) is 5.32 Å². The second kappa shape index (κ2) is 15.3. The Morgan fingerprint density at radius 2 is 1.60 bits per heavy atom. The van der Waals surface area contributed by atoms with Gasteiger partial charge in [-0.05, 0) is 88.6 Å². The maximum atomic E-state index is 12.7. The molecule has 0 saturated carbocycles. The van der Waals surface area contributed by atoms with E-state index < -0.39 is 33.6 Å². The van der Waals surface area contributed by atoms with Gasteiger partial charge in [-0.15, -0.1) is 0 Å². The average molecular weight is 624 g/mol. The number of rotatable bonds is 13. The van der Waals surface area contributed by atoms with Gasteiger partial charge in [0.2, 0.25) is 5.75 Å². The Bertz CT molecular complexity index is 1550. The van der Waals surface area contributed by atoms with Gasteiger partial charge in [0.05, 0.1) is 9.85 Å². The summed E-state index contributed by atoms with van der Waals surface area (Å²) in [5.74, 6) is -0.680. The molecule has 3 aromatic rings. The molecule has 0 aliphatic rings. The van der Waals surface area contributed by atoms with Crippen LogP contribution in [0, 0.1) is 20.2 Å². The molecular weight excluding hydrogens is 590 g/mol. The first-order valence-electron chi connectivity index (χ1n) is 13.9. The van der Waals surface area contributed by atoms with Gasteiger partial charge in [-0.2, -0.15) is 0 Å². The molecule has 0 heterocycles. The Morgan fingerprint density at radius 3 is 2.24 bits per heavy atom. The molecule has 0 radical (unpaired) electrons. The third-order valence-electron chi connectivity index (χ3n) is 6.01. The molecule has 45 heavy (non-hydrogen) atoms. The van der Waals surface area contributed by atoms with Crippen LogP contribution in [0.15, 0.2) is 66.7 Å². The maximum absolute atomic E-state index is 12.7. The summed E-state index contributed by atoms with van der Waals surface area (Å²) in [5, 5.41) is 25.2. The summed E-state index contributed by atoms with van der Waals surface area (Å²) in [6.07, 6.45) is -0.692. The summed E-state index contributed by atoms with van der Waals surface area (Å²) in [6.45, 7) is 7.21. The SMILES string of the molecule is CC(OC(=O)Oc1ccc([N+](=O)[O-])cc1)c1ccc([N+](=O)[O-])c(Oc2cccc(C(=O)NCCCCC(=O)OC(C)(C)C)c2)c1. The summed E-state index contributed by atoms with van der Waals surface area (Å²) in [7, 11) is 0. The number of benzene rings is 3. The number of esters is 1. The highest BCUT2D eigenvalue weighted by atomic mass is 16.7. The molecular formula is C31H33N3O11. The van der Waals surface area contributed by atoms with Crippen LogP contribution >= 0.6 is 0 Å². The molecule has 0 bridgehead atoms. The highest BCUT2D eigenvalue weighted by molar-refractivity contribution is 5.94. The molecule has 0 aliphatic carbocycles. The molecule has 0 saturated heterocycles. The largest absolute Gasteiger partial charge is 0.514 e. The number of carbonyl (C=O) groups is 3. The fourth-order valence-electron chi connectivity index (χ4n) is 3.90. The molecule has 3 aromatic carbocycles. The van der Waals surface area contributed by atoms with Crippen molar-refractivity contribution in [2.45, 2.75) is 58.7 Å². The second-order valence-corrected chi connectivity index (χ2v) is 10.8. The highest BCUT2D eigenvalue weighted by Crippen LogP contribution is 2.35. The molecule has 3 rings (SSSR count). The van der Waals surface area contributed by atoms with Gasteiger partial charge in [-0.25, -0.2) is 4.79 Å². The van der Waals surface area contributed by atoms with Crippen molar-refractivity contribution in [1.29, 1.82) is 0 Å². The Kier molecular flexibility index (Phi) is 11.5. The molecule has 0 aromatic heterocycles. The van der Waals surface area contributed by atoms with E-state index in [0.717, 1.165) is 0 Å². The van der Waals surface area contributed by atoms with Gasteiger partial charge in [0, 0.05) is 36.7 Å². The van der Waals surface area contributed by atoms with Crippen LogP contribution in [-0.2, 0) is 14.3 Å². The van der Waals surface area contributed by atoms with Gasteiger partial charge in [0.25, 0.3) is 11.6 Å². The number of nitrogens with one attached hydrogen (secondary N) is 1. The van der Waals surface area contributed by atoms with Crippen molar-refractivity contribution in [3.8, 4) is 17.2 Å². The number of ether oxygens (including phenoxy) is 4. The summed E-state index contributed by atoms with van der Waals surface area (Å²) in [6, 6.07) is 14.8. The van der Waals surface area contributed by atoms with Gasteiger partial charge in [0.1, 0.15) is 23.2 Å². The predicted octanol–water partition coefficient (Wildman–Crippen LogP) is 6.81. The van der Waals surface area contributed by atoms with Crippen LogP contribution in [0.1, 0.15) is 69.0 Å². The van der Waals surface area contributed by atoms with Crippen LogP contribution in [0.25, 0.3) is 0 Å². The zero-order chi connectivity index (χ0) is 33.1. The Hall–Kier alpha value is -5.53. The lowest BCUT2D eigenvalue weighted by atomic mass is 10.1. The number of nitrogens with zero attached hydrogens (tertiary/aromatic N) is 2.